The molecule has 6 nitrogen and oxygen atoms in total. The number of nitrogens with zero attached hydrogens (tertiary/aromatic N) is 2. The van der Waals surface area contributed by atoms with E-state index < -0.39 is 5.91 Å². The highest BCUT2D eigenvalue weighted by atomic mass is 32.1. The number of methoxy groups -OCH3 is 1. The zero-order chi connectivity index (χ0) is 22.2. The first-order valence-corrected chi connectivity index (χ1v) is 10.8. The minimum absolute atomic E-state index is 0.137. The maximum Gasteiger partial charge on any atom is 0.254 e. The number of carbonyl (C=O) groups excluding carboxylic acids is 1. The van der Waals surface area contributed by atoms with Gasteiger partial charge in [-0.2, -0.15) is 0 Å². The van der Waals surface area contributed by atoms with Gasteiger partial charge in [0, 0.05) is 10.9 Å². The SMILES string of the molecule is COc1cccc2cc(C(N)=O)c(=Nc3ccc(-c4nc5ccc(C)cc5s4)cc3)oc12. The Labute approximate surface area is 187 Å². The summed E-state index contributed by atoms with van der Waals surface area (Å²) in [5.74, 6) is -0.0602. The summed E-state index contributed by atoms with van der Waals surface area (Å²) in [6.45, 7) is 2.07. The molecule has 0 bridgehead atoms. The first kappa shape index (κ1) is 20.0. The number of carbonyl (C=O) groups is 1. The number of ether oxygens (including phenoxy) is 1. The van der Waals surface area contributed by atoms with Crippen LogP contribution in [0.1, 0.15) is 15.9 Å². The number of para-hydroxylation sites is 1. The van der Waals surface area contributed by atoms with Crippen LogP contribution in [0.5, 0.6) is 5.75 Å². The Morgan fingerprint density at radius 2 is 1.91 bits per heavy atom. The number of primary amides is 1. The first-order chi connectivity index (χ1) is 15.5. The van der Waals surface area contributed by atoms with Gasteiger partial charge in [-0.1, -0.05) is 18.2 Å². The number of hydrogen-bond acceptors (Lipinski definition) is 6. The molecule has 7 heteroatoms. The molecule has 0 aliphatic carbocycles. The molecule has 2 heterocycles. The Bertz CT molecular complexity index is 1550. The molecule has 0 spiro atoms. The van der Waals surface area contributed by atoms with E-state index in [-0.39, 0.29) is 11.1 Å². The third-order valence-corrected chi connectivity index (χ3v) is 6.18. The third kappa shape index (κ3) is 3.63. The normalized spacial score (nSPS) is 11.9. The summed E-state index contributed by atoms with van der Waals surface area (Å²) in [4.78, 5) is 21.3. The van der Waals surface area contributed by atoms with Crippen LogP contribution in [0.15, 0.2) is 76.1 Å². The number of rotatable bonds is 4. The van der Waals surface area contributed by atoms with Crippen LogP contribution in [-0.2, 0) is 0 Å². The van der Waals surface area contributed by atoms with Crippen LogP contribution in [0.2, 0.25) is 0 Å². The monoisotopic (exact) mass is 441 g/mol. The Kier molecular flexibility index (Phi) is 4.95. The second-order valence-corrected chi connectivity index (χ2v) is 8.39. The number of benzene rings is 3. The van der Waals surface area contributed by atoms with Crippen LogP contribution >= 0.6 is 11.3 Å². The summed E-state index contributed by atoms with van der Waals surface area (Å²) in [6, 6.07) is 21.0. The lowest BCUT2D eigenvalue weighted by atomic mass is 10.1. The smallest absolute Gasteiger partial charge is 0.254 e. The van der Waals surface area contributed by atoms with Gasteiger partial charge >= 0.3 is 0 Å². The van der Waals surface area contributed by atoms with E-state index in [9.17, 15) is 4.79 Å². The molecule has 158 valence electrons. The van der Waals surface area contributed by atoms with Crippen molar-refractivity contribution in [1.82, 2.24) is 4.98 Å². The molecule has 5 aromatic rings. The molecule has 3 aromatic carbocycles. The molecule has 0 aliphatic rings. The van der Waals surface area contributed by atoms with E-state index in [0.29, 0.717) is 22.4 Å². The van der Waals surface area contributed by atoms with Gasteiger partial charge in [-0.15, -0.1) is 11.3 Å². The van der Waals surface area contributed by atoms with E-state index in [1.54, 1.807) is 30.6 Å². The zero-order valence-corrected chi connectivity index (χ0v) is 18.3. The molecule has 0 unspecified atom stereocenters. The zero-order valence-electron chi connectivity index (χ0n) is 17.5. The topological polar surface area (TPSA) is 90.7 Å². The van der Waals surface area contributed by atoms with Crippen molar-refractivity contribution < 1.29 is 13.9 Å². The molecule has 5 rings (SSSR count). The van der Waals surface area contributed by atoms with Gasteiger partial charge in [-0.05, 0) is 61.0 Å². The lowest BCUT2D eigenvalue weighted by Gasteiger charge is -2.06. The average molecular weight is 442 g/mol. The predicted octanol–water partition coefficient (Wildman–Crippen LogP) is 5.36. The molecule has 0 aliphatic heterocycles. The summed E-state index contributed by atoms with van der Waals surface area (Å²) in [5.41, 5.74) is 10.2. The average Bonchev–Trinajstić information content (AvgIpc) is 3.21. The van der Waals surface area contributed by atoms with E-state index in [1.165, 1.54) is 5.56 Å². The highest BCUT2D eigenvalue weighted by Gasteiger charge is 2.12. The molecular formula is C25H19N3O3S. The fourth-order valence-corrected chi connectivity index (χ4v) is 4.57. The van der Waals surface area contributed by atoms with Gasteiger partial charge in [0.15, 0.2) is 11.3 Å². The van der Waals surface area contributed by atoms with Gasteiger partial charge in [0.25, 0.3) is 5.91 Å². The van der Waals surface area contributed by atoms with Crippen molar-refractivity contribution in [2.75, 3.05) is 7.11 Å². The molecular weight excluding hydrogens is 422 g/mol. The number of aromatic nitrogens is 1. The second-order valence-electron chi connectivity index (χ2n) is 7.36. The van der Waals surface area contributed by atoms with Crippen molar-refractivity contribution in [2.45, 2.75) is 6.92 Å². The molecule has 32 heavy (non-hydrogen) atoms. The summed E-state index contributed by atoms with van der Waals surface area (Å²) in [7, 11) is 1.56. The van der Waals surface area contributed by atoms with Crippen molar-refractivity contribution in [1.29, 1.82) is 0 Å². The highest BCUT2D eigenvalue weighted by molar-refractivity contribution is 7.21. The van der Waals surface area contributed by atoms with E-state index in [4.69, 9.17) is 19.9 Å². The van der Waals surface area contributed by atoms with Gasteiger partial charge < -0.3 is 14.9 Å². The number of aryl methyl sites for hydroxylation is 1. The van der Waals surface area contributed by atoms with Gasteiger partial charge in [0.05, 0.1) is 23.0 Å². The Morgan fingerprint density at radius 1 is 1.09 bits per heavy atom. The number of amides is 1. The number of nitrogens with two attached hydrogens (primary N) is 1. The summed E-state index contributed by atoms with van der Waals surface area (Å²) >= 11 is 1.65. The maximum atomic E-state index is 12.0. The predicted molar refractivity (Wildman–Crippen MR) is 126 cm³/mol. The standard InChI is InChI=1S/C25H19N3O3S/c1-14-6-11-19-21(12-14)32-25(28-19)15-7-9-17(10-8-15)27-24-18(23(26)29)13-16-4-3-5-20(30-2)22(16)31-24/h3-13H,1-2H3,(H2,26,29). The maximum absolute atomic E-state index is 12.0. The van der Waals surface area contributed by atoms with Crippen molar-refractivity contribution in [3.05, 3.63) is 83.4 Å². The van der Waals surface area contributed by atoms with Crippen molar-refractivity contribution in [3.63, 3.8) is 0 Å². The van der Waals surface area contributed by atoms with E-state index in [2.05, 4.69) is 24.0 Å². The van der Waals surface area contributed by atoms with Crippen LogP contribution in [0, 0.1) is 6.92 Å². The summed E-state index contributed by atoms with van der Waals surface area (Å²) < 4.78 is 12.5. The van der Waals surface area contributed by atoms with Crippen LogP contribution in [0.4, 0.5) is 5.69 Å². The number of thiazole rings is 1. The van der Waals surface area contributed by atoms with Crippen LogP contribution in [0.3, 0.4) is 0 Å². The lowest BCUT2D eigenvalue weighted by molar-refractivity contribution is 0.0996. The van der Waals surface area contributed by atoms with Gasteiger partial charge in [-0.25, -0.2) is 9.98 Å². The van der Waals surface area contributed by atoms with E-state index >= 15 is 0 Å². The molecule has 0 fully saturated rings. The Morgan fingerprint density at radius 3 is 2.66 bits per heavy atom. The molecule has 2 N–H and O–H groups in total. The van der Waals surface area contributed by atoms with Crippen molar-refractivity contribution in [3.8, 4) is 16.3 Å². The minimum atomic E-state index is -0.612. The summed E-state index contributed by atoms with van der Waals surface area (Å²) in [6.07, 6.45) is 0. The lowest BCUT2D eigenvalue weighted by Crippen LogP contribution is -2.21. The van der Waals surface area contributed by atoms with Gasteiger partial charge in [0.1, 0.15) is 10.6 Å². The fourth-order valence-electron chi connectivity index (χ4n) is 3.50. The highest BCUT2D eigenvalue weighted by Crippen LogP contribution is 2.31. The van der Waals surface area contributed by atoms with E-state index in [1.807, 2.05) is 42.5 Å². The fraction of sp³-hybridized carbons (Fsp3) is 0.0800. The molecule has 0 atom stereocenters. The molecule has 2 aromatic heterocycles. The van der Waals surface area contributed by atoms with Crippen molar-refractivity contribution in [2.24, 2.45) is 10.7 Å². The Balaban J connectivity index is 1.58. The van der Waals surface area contributed by atoms with Crippen molar-refractivity contribution >= 4 is 44.1 Å². The van der Waals surface area contributed by atoms with Gasteiger partial charge in [0.2, 0.25) is 5.55 Å². The third-order valence-electron chi connectivity index (χ3n) is 5.11. The van der Waals surface area contributed by atoms with Crippen LogP contribution in [-0.4, -0.2) is 18.0 Å². The molecule has 0 saturated carbocycles. The van der Waals surface area contributed by atoms with E-state index in [0.717, 1.165) is 20.8 Å². The summed E-state index contributed by atoms with van der Waals surface area (Å²) in [5, 5.41) is 1.65. The first-order valence-electron chi connectivity index (χ1n) is 9.95. The number of hydrogen-bond donors (Lipinski definition) is 1. The molecule has 0 radical (unpaired) electrons. The minimum Gasteiger partial charge on any atom is -0.493 e. The number of fused-ring (bicyclic) bond motifs is 2. The van der Waals surface area contributed by atoms with Gasteiger partial charge in [-0.3, -0.25) is 4.79 Å². The Hall–Kier alpha value is -3.97. The largest absolute Gasteiger partial charge is 0.493 e. The second kappa shape index (κ2) is 7.94. The molecule has 1 amide bonds. The van der Waals surface area contributed by atoms with Crippen LogP contribution in [0.25, 0.3) is 31.8 Å². The quantitative estimate of drug-likeness (QED) is 0.407. The molecule has 0 saturated heterocycles. The van der Waals surface area contributed by atoms with Crippen LogP contribution < -0.4 is 16.0 Å².